The van der Waals surface area contributed by atoms with E-state index < -0.39 is 0 Å². The first-order valence-corrected chi connectivity index (χ1v) is 24.9. The van der Waals surface area contributed by atoms with Crippen LogP contribution in [0, 0.1) is 23.7 Å². The molecule has 4 bridgehead atoms. The molecule has 5 aliphatic carbocycles. The Morgan fingerprint density at radius 2 is 0.838 bits per heavy atom. The molecular formula is C66H50N2. The van der Waals surface area contributed by atoms with Gasteiger partial charge >= 0.3 is 0 Å². The molecule has 0 heterocycles. The number of anilines is 6. The first kappa shape index (κ1) is 38.4. The van der Waals surface area contributed by atoms with Crippen LogP contribution in [0.2, 0.25) is 0 Å². The van der Waals surface area contributed by atoms with Gasteiger partial charge in [0.05, 0.1) is 11.4 Å². The summed E-state index contributed by atoms with van der Waals surface area (Å²) in [5.41, 5.74) is 15.7. The second kappa shape index (κ2) is 14.7. The van der Waals surface area contributed by atoms with Gasteiger partial charge in [-0.1, -0.05) is 158 Å². The highest BCUT2D eigenvalue weighted by molar-refractivity contribution is 6.28. The molecule has 5 aliphatic rings. The number of hydrogen-bond donors (Lipinski definition) is 0. The number of nitrogens with zero attached hydrogens (tertiary/aromatic N) is 2. The topological polar surface area (TPSA) is 6.48 Å². The smallest absolute Gasteiger partial charge is 0.0540 e. The molecule has 1 spiro atoms. The second-order valence-electron chi connectivity index (χ2n) is 20.5. The summed E-state index contributed by atoms with van der Waals surface area (Å²) in [7, 11) is 0. The fourth-order valence-corrected chi connectivity index (χ4v) is 14.7. The highest BCUT2D eigenvalue weighted by Crippen LogP contribution is 2.69. The van der Waals surface area contributed by atoms with Gasteiger partial charge in [-0.3, -0.25) is 0 Å². The number of benzene rings is 11. The predicted molar refractivity (Wildman–Crippen MR) is 286 cm³/mol. The van der Waals surface area contributed by atoms with E-state index in [4.69, 9.17) is 0 Å². The van der Waals surface area contributed by atoms with Crippen LogP contribution in [-0.4, -0.2) is 0 Å². The Hall–Kier alpha value is -7.68. The molecule has 4 fully saturated rings. The standard InChI is InChI=1S/C66H50N2/c1-3-16-50(17-4-1)67(52-20-11-15-47(40-52)55-23-12-14-44-13-7-8-21-54(44)55)62-33-27-45-26-31-58-63(34-28-46-25-30-57(62)64(45)65(46)58)68(51-18-5-2-6-19-51)53-29-32-61-59(41-53)56-22-9-10-24-60(56)66(61)48-36-42-35-43(38-48)39-49(66)37-42/h1-34,40-43,48-49H,35-39H2. The van der Waals surface area contributed by atoms with E-state index in [1.165, 1.54) is 115 Å². The molecule has 0 aromatic heterocycles. The molecule has 324 valence electrons. The van der Waals surface area contributed by atoms with Crippen molar-refractivity contribution in [3.05, 3.63) is 230 Å². The third-order valence-electron chi connectivity index (χ3n) is 17.1. The first-order valence-electron chi connectivity index (χ1n) is 24.9. The van der Waals surface area contributed by atoms with Crippen molar-refractivity contribution < 1.29 is 0 Å². The van der Waals surface area contributed by atoms with Crippen molar-refractivity contribution in [1.29, 1.82) is 0 Å². The largest absolute Gasteiger partial charge is 0.310 e. The van der Waals surface area contributed by atoms with Gasteiger partial charge in [0.1, 0.15) is 0 Å². The van der Waals surface area contributed by atoms with E-state index >= 15 is 0 Å². The first-order chi connectivity index (χ1) is 33.7. The van der Waals surface area contributed by atoms with Crippen molar-refractivity contribution >= 4 is 77.2 Å². The van der Waals surface area contributed by atoms with Crippen LogP contribution in [0.1, 0.15) is 43.2 Å². The molecule has 68 heavy (non-hydrogen) atoms. The van der Waals surface area contributed by atoms with Crippen LogP contribution >= 0.6 is 0 Å². The van der Waals surface area contributed by atoms with E-state index in [-0.39, 0.29) is 5.41 Å². The van der Waals surface area contributed by atoms with Crippen LogP contribution in [0.5, 0.6) is 0 Å². The Morgan fingerprint density at radius 1 is 0.324 bits per heavy atom. The van der Waals surface area contributed by atoms with Gasteiger partial charge in [-0.25, -0.2) is 0 Å². The quantitative estimate of drug-likeness (QED) is 0.147. The summed E-state index contributed by atoms with van der Waals surface area (Å²) >= 11 is 0. The SMILES string of the molecule is c1ccc(N(c2cccc(-c3cccc4ccccc34)c2)c2ccc3ccc4c(N(c5ccccc5)c5ccc6c(c5)-c5ccccc5C65C6CC7CC(C6)CC5C7)ccc5ccc2c3c54)cc1. The minimum atomic E-state index is 0.144. The van der Waals surface area contributed by atoms with Gasteiger partial charge in [0.2, 0.25) is 0 Å². The lowest BCUT2D eigenvalue weighted by atomic mass is 9.43. The molecule has 2 heteroatoms. The molecule has 0 saturated heterocycles. The lowest BCUT2D eigenvalue weighted by Crippen LogP contribution is -2.55. The lowest BCUT2D eigenvalue weighted by Gasteiger charge is -2.61. The van der Waals surface area contributed by atoms with Crippen molar-refractivity contribution in [2.24, 2.45) is 23.7 Å². The van der Waals surface area contributed by atoms with Gasteiger partial charge in [-0.2, -0.15) is 0 Å². The molecule has 11 aromatic carbocycles. The number of fused-ring (bicyclic) bond motifs is 4. The number of rotatable bonds is 7. The molecule has 0 unspecified atom stereocenters. The van der Waals surface area contributed by atoms with Gasteiger partial charge < -0.3 is 9.80 Å². The zero-order valence-corrected chi connectivity index (χ0v) is 38.0. The normalized spacial score (nSPS) is 21.0. The van der Waals surface area contributed by atoms with Crippen molar-refractivity contribution in [3.8, 4) is 22.3 Å². The van der Waals surface area contributed by atoms with Gasteiger partial charge in [0, 0.05) is 38.9 Å². The average molecular weight is 871 g/mol. The average Bonchev–Trinajstić information content (AvgIpc) is 3.68. The third-order valence-corrected chi connectivity index (χ3v) is 17.1. The molecule has 11 aromatic rings. The van der Waals surface area contributed by atoms with Crippen molar-refractivity contribution in [1.82, 2.24) is 0 Å². The summed E-state index contributed by atoms with van der Waals surface area (Å²) in [6.07, 6.45) is 7.04. The summed E-state index contributed by atoms with van der Waals surface area (Å²) < 4.78 is 0. The van der Waals surface area contributed by atoms with Gasteiger partial charge in [-0.15, -0.1) is 0 Å². The molecule has 0 N–H and O–H groups in total. The van der Waals surface area contributed by atoms with Crippen LogP contribution in [0.3, 0.4) is 0 Å². The summed E-state index contributed by atoms with van der Waals surface area (Å²) in [5, 5.41) is 10.1. The Bertz CT molecular complexity index is 3740. The maximum Gasteiger partial charge on any atom is 0.0540 e. The van der Waals surface area contributed by atoms with Gasteiger partial charge in [0.25, 0.3) is 0 Å². The maximum absolute atomic E-state index is 2.57. The van der Waals surface area contributed by atoms with E-state index in [1.807, 2.05) is 0 Å². The Labute approximate surface area is 398 Å². The Balaban J connectivity index is 0.914. The van der Waals surface area contributed by atoms with Crippen LogP contribution in [0.4, 0.5) is 34.1 Å². The zero-order valence-electron chi connectivity index (χ0n) is 38.0. The lowest BCUT2D eigenvalue weighted by molar-refractivity contribution is -0.0399. The van der Waals surface area contributed by atoms with Gasteiger partial charge in [-0.05, 0) is 182 Å². The van der Waals surface area contributed by atoms with E-state index in [0.717, 1.165) is 40.7 Å². The minimum Gasteiger partial charge on any atom is -0.310 e. The molecule has 4 saturated carbocycles. The molecule has 2 nitrogen and oxygen atoms in total. The third kappa shape index (κ3) is 5.46. The van der Waals surface area contributed by atoms with Crippen molar-refractivity contribution in [2.45, 2.75) is 37.5 Å². The summed E-state index contributed by atoms with van der Waals surface area (Å²) in [4.78, 5) is 4.99. The van der Waals surface area contributed by atoms with E-state index in [9.17, 15) is 0 Å². The van der Waals surface area contributed by atoms with Crippen molar-refractivity contribution in [2.75, 3.05) is 9.80 Å². The second-order valence-corrected chi connectivity index (χ2v) is 20.5. The van der Waals surface area contributed by atoms with E-state index in [2.05, 4.69) is 228 Å². The highest BCUT2D eigenvalue weighted by atomic mass is 15.1. The van der Waals surface area contributed by atoms with E-state index in [0.29, 0.717) is 0 Å². The van der Waals surface area contributed by atoms with Crippen molar-refractivity contribution in [3.63, 3.8) is 0 Å². The maximum atomic E-state index is 2.57. The van der Waals surface area contributed by atoms with Crippen LogP contribution in [0.25, 0.3) is 65.3 Å². The summed E-state index contributed by atoms with van der Waals surface area (Å²) in [6.45, 7) is 0. The molecule has 0 aliphatic heterocycles. The Kier molecular flexibility index (Phi) is 8.28. The monoisotopic (exact) mass is 870 g/mol. The molecule has 0 atom stereocenters. The fourth-order valence-electron chi connectivity index (χ4n) is 14.7. The molecule has 16 rings (SSSR count). The highest BCUT2D eigenvalue weighted by Gasteiger charge is 2.61. The van der Waals surface area contributed by atoms with Crippen LogP contribution < -0.4 is 9.80 Å². The zero-order chi connectivity index (χ0) is 44.5. The van der Waals surface area contributed by atoms with Crippen LogP contribution in [-0.2, 0) is 5.41 Å². The molecular weight excluding hydrogens is 821 g/mol. The Morgan fingerprint density at radius 3 is 1.51 bits per heavy atom. The fraction of sp³-hybridized carbons (Fsp3) is 0.152. The van der Waals surface area contributed by atoms with E-state index in [1.54, 1.807) is 11.1 Å². The summed E-state index contributed by atoms with van der Waals surface area (Å²) in [5.74, 6) is 3.33. The molecule has 0 amide bonds. The predicted octanol–water partition coefficient (Wildman–Crippen LogP) is 18.1. The van der Waals surface area contributed by atoms with Crippen LogP contribution in [0.15, 0.2) is 218 Å². The minimum absolute atomic E-state index is 0.144. The number of para-hydroxylation sites is 2. The molecule has 0 radical (unpaired) electrons. The number of hydrogen-bond acceptors (Lipinski definition) is 2. The summed E-state index contributed by atoms with van der Waals surface area (Å²) in [6, 6.07) is 82.3. The van der Waals surface area contributed by atoms with Gasteiger partial charge in [0.15, 0.2) is 0 Å².